The van der Waals surface area contributed by atoms with Crippen molar-refractivity contribution >= 4 is 11.6 Å². The second kappa shape index (κ2) is 6.32. The Hall–Kier alpha value is -2.28. The van der Waals surface area contributed by atoms with Gasteiger partial charge in [-0.2, -0.15) is 0 Å². The Balaban J connectivity index is 1.55. The van der Waals surface area contributed by atoms with Crippen molar-refractivity contribution in [3.8, 4) is 0 Å². The molecule has 2 fully saturated rings. The highest BCUT2D eigenvalue weighted by Gasteiger charge is 2.41. The molecule has 6 nitrogen and oxygen atoms in total. The largest absolute Gasteiger partial charge is 0.369 e. The lowest BCUT2D eigenvalue weighted by Gasteiger charge is -2.48. The predicted octanol–water partition coefficient (Wildman–Crippen LogP) is 1.89. The van der Waals surface area contributed by atoms with Crippen molar-refractivity contribution in [1.82, 2.24) is 15.0 Å². The zero-order valence-electron chi connectivity index (χ0n) is 13.4. The Bertz CT molecular complexity index is 696. The van der Waals surface area contributed by atoms with Crippen LogP contribution in [0.4, 0.5) is 16.0 Å². The molecule has 0 N–H and O–H groups in total. The Labute approximate surface area is 140 Å². The molecule has 1 spiro atoms. The molecule has 24 heavy (non-hydrogen) atoms. The molecule has 2 aromatic heterocycles. The van der Waals surface area contributed by atoms with Crippen molar-refractivity contribution in [2.24, 2.45) is 0 Å². The maximum Gasteiger partial charge on any atom is 0.165 e. The minimum Gasteiger partial charge on any atom is -0.369 e. The first-order valence-electron chi connectivity index (χ1n) is 8.26. The molecule has 0 radical (unpaired) electrons. The number of hydrogen-bond donors (Lipinski definition) is 0. The van der Waals surface area contributed by atoms with Gasteiger partial charge in [0.25, 0.3) is 0 Å². The molecule has 2 aromatic rings. The molecule has 4 heterocycles. The summed E-state index contributed by atoms with van der Waals surface area (Å²) in [4.78, 5) is 17.0. The molecule has 126 valence electrons. The van der Waals surface area contributed by atoms with Crippen LogP contribution in [0.15, 0.2) is 36.9 Å². The van der Waals surface area contributed by atoms with Crippen LogP contribution in [0.5, 0.6) is 0 Å². The van der Waals surface area contributed by atoms with Gasteiger partial charge < -0.3 is 14.5 Å². The zero-order chi connectivity index (χ0) is 16.4. The number of morpholine rings is 1. The molecular formula is C17H20FN5O. The van der Waals surface area contributed by atoms with Gasteiger partial charge in [-0.1, -0.05) is 0 Å². The molecule has 1 atom stereocenters. The molecule has 7 heteroatoms. The SMILES string of the molecule is Fc1cccnc1N1CCCC2(CN(c3cnccn3)CCO2)C1. The second-order valence-corrected chi connectivity index (χ2v) is 6.35. The summed E-state index contributed by atoms with van der Waals surface area (Å²) in [5.41, 5.74) is -0.321. The first-order chi connectivity index (χ1) is 11.8. The maximum atomic E-state index is 14.1. The van der Waals surface area contributed by atoms with Gasteiger partial charge in [0.1, 0.15) is 11.4 Å². The fraction of sp³-hybridized carbons (Fsp3) is 0.471. The van der Waals surface area contributed by atoms with Crippen molar-refractivity contribution in [3.05, 3.63) is 42.7 Å². The number of aromatic nitrogens is 3. The topological polar surface area (TPSA) is 54.4 Å². The summed E-state index contributed by atoms with van der Waals surface area (Å²) in [6.45, 7) is 3.59. The summed E-state index contributed by atoms with van der Waals surface area (Å²) >= 11 is 0. The highest BCUT2D eigenvalue weighted by atomic mass is 19.1. The number of halogens is 1. The third kappa shape index (κ3) is 2.91. The van der Waals surface area contributed by atoms with Crippen molar-refractivity contribution < 1.29 is 9.13 Å². The Morgan fingerprint density at radius 3 is 2.83 bits per heavy atom. The molecular weight excluding hydrogens is 309 g/mol. The molecule has 2 aliphatic rings. The Kier molecular flexibility index (Phi) is 4.02. The van der Waals surface area contributed by atoms with E-state index in [2.05, 4.69) is 19.9 Å². The van der Waals surface area contributed by atoms with Crippen LogP contribution in [0.25, 0.3) is 0 Å². The number of ether oxygens (including phenoxy) is 1. The first-order valence-corrected chi connectivity index (χ1v) is 8.26. The molecule has 2 saturated heterocycles. The molecule has 0 bridgehead atoms. The third-order valence-electron chi connectivity index (χ3n) is 4.70. The van der Waals surface area contributed by atoms with E-state index in [9.17, 15) is 4.39 Å². The fourth-order valence-corrected chi connectivity index (χ4v) is 3.63. The highest BCUT2D eigenvalue weighted by Crippen LogP contribution is 2.32. The van der Waals surface area contributed by atoms with E-state index >= 15 is 0 Å². The standard InChI is InChI=1S/C17H20FN5O/c18-14-3-1-5-21-16(14)23-8-2-4-17(13-23)12-22(9-10-24-17)15-11-19-6-7-20-15/h1,3,5-7,11H,2,4,8-10,12-13H2. The molecule has 0 aliphatic carbocycles. The summed E-state index contributed by atoms with van der Waals surface area (Å²) in [6, 6.07) is 3.07. The molecule has 4 rings (SSSR count). The molecule has 1 unspecified atom stereocenters. The van der Waals surface area contributed by atoms with Crippen LogP contribution < -0.4 is 9.80 Å². The van der Waals surface area contributed by atoms with Gasteiger partial charge >= 0.3 is 0 Å². The van der Waals surface area contributed by atoms with Gasteiger partial charge in [0.15, 0.2) is 11.6 Å². The van der Waals surface area contributed by atoms with E-state index in [-0.39, 0.29) is 11.4 Å². The number of anilines is 2. The van der Waals surface area contributed by atoms with Crippen molar-refractivity contribution in [1.29, 1.82) is 0 Å². The van der Waals surface area contributed by atoms with Crippen LogP contribution in [0, 0.1) is 5.82 Å². The summed E-state index contributed by atoms with van der Waals surface area (Å²) in [6.07, 6.45) is 8.68. The summed E-state index contributed by atoms with van der Waals surface area (Å²) < 4.78 is 20.3. The van der Waals surface area contributed by atoms with Crippen LogP contribution in [-0.4, -0.2) is 53.3 Å². The van der Waals surface area contributed by atoms with E-state index in [1.807, 2.05) is 4.90 Å². The van der Waals surface area contributed by atoms with Gasteiger partial charge in [0.2, 0.25) is 0 Å². The van der Waals surface area contributed by atoms with E-state index in [1.165, 1.54) is 6.07 Å². The minimum atomic E-state index is -0.321. The van der Waals surface area contributed by atoms with E-state index in [0.717, 1.165) is 38.3 Å². The number of nitrogens with zero attached hydrogens (tertiary/aromatic N) is 5. The van der Waals surface area contributed by atoms with E-state index in [0.29, 0.717) is 19.0 Å². The lowest BCUT2D eigenvalue weighted by molar-refractivity contribution is -0.0632. The Morgan fingerprint density at radius 2 is 2.00 bits per heavy atom. The number of hydrogen-bond acceptors (Lipinski definition) is 6. The molecule has 0 saturated carbocycles. The zero-order valence-corrected chi connectivity index (χ0v) is 13.4. The van der Waals surface area contributed by atoms with E-state index < -0.39 is 0 Å². The lowest BCUT2D eigenvalue weighted by Crippen LogP contribution is -2.60. The van der Waals surface area contributed by atoms with Gasteiger partial charge in [-0.05, 0) is 25.0 Å². The average molecular weight is 329 g/mol. The monoisotopic (exact) mass is 329 g/mol. The van der Waals surface area contributed by atoms with Crippen LogP contribution in [0.3, 0.4) is 0 Å². The fourth-order valence-electron chi connectivity index (χ4n) is 3.63. The van der Waals surface area contributed by atoms with Crippen LogP contribution in [0.2, 0.25) is 0 Å². The van der Waals surface area contributed by atoms with Gasteiger partial charge in [0.05, 0.1) is 25.9 Å². The number of rotatable bonds is 2. The van der Waals surface area contributed by atoms with E-state index in [1.54, 1.807) is 30.9 Å². The van der Waals surface area contributed by atoms with Crippen molar-refractivity contribution in [3.63, 3.8) is 0 Å². The third-order valence-corrected chi connectivity index (χ3v) is 4.70. The van der Waals surface area contributed by atoms with Crippen molar-refractivity contribution in [2.75, 3.05) is 42.6 Å². The van der Waals surface area contributed by atoms with Crippen molar-refractivity contribution in [2.45, 2.75) is 18.4 Å². The second-order valence-electron chi connectivity index (χ2n) is 6.35. The van der Waals surface area contributed by atoms with Crippen LogP contribution in [0.1, 0.15) is 12.8 Å². The van der Waals surface area contributed by atoms with Gasteiger partial charge in [-0.15, -0.1) is 0 Å². The smallest absolute Gasteiger partial charge is 0.165 e. The van der Waals surface area contributed by atoms with E-state index in [4.69, 9.17) is 4.74 Å². The van der Waals surface area contributed by atoms with Crippen LogP contribution in [-0.2, 0) is 4.74 Å². The lowest BCUT2D eigenvalue weighted by atomic mass is 9.90. The first kappa shape index (κ1) is 15.3. The predicted molar refractivity (Wildman–Crippen MR) is 88.6 cm³/mol. The summed E-state index contributed by atoms with van der Waals surface area (Å²) in [5, 5.41) is 0. The Morgan fingerprint density at radius 1 is 1.08 bits per heavy atom. The normalized spacial score (nSPS) is 24.4. The highest BCUT2D eigenvalue weighted by molar-refractivity contribution is 5.42. The van der Waals surface area contributed by atoms with Gasteiger partial charge in [0, 0.05) is 31.7 Å². The number of pyridine rings is 1. The van der Waals surface area contributed by atoms with Crippen LogP contribution >= 0.6 is 0 Å². The van der Waals surface area contributed by atoms with Gasteiger partial charge in [-0.3, -0.25) is 4.98 Å². The number of piperidine rings is 1. The quantitative estimate of drug-likeness (QED) is 0.839. The van der Waals surface area contributed by atoms with Gasteiger partial charge in [-0.25, -0.2) is 14.4 Å². The summed E-state index contributed by atoms with van der Waals surface area (Å²) in [7, 11) is 0. The molecule has 2 aliphatic heterocycles. The minimum absolute atomic E-state index is 0.281. The molecule has 0 aromatic carbocycles. The molecule has 0 amide bonds. The maximum absolute atomic E-state index is 14.1. The summed E-state index contributed by atoms with van der Waals surface area (Å²) in [5.74, 6) is 0.995. The average Bonchev–Trinajstić information content (AvgIpc) is 2.63.